The molecular weight excluding hydrogens is 444 g/mol. The van der Waals surface area contributed by atoms with Crippen LogP contribution in [-0.2, 0) is 9.47 Å². The summed E-state index contributed by atoms with van der Waals surface area (Å²) in [6, 6.07) is 7.74. The molecule has 25 heavy (non-hydrogen) atoms. The summed E-state index contributed by atoms with van der Waals surface area (Å²) in [5.41, 5.74) is 0.529. The van der Waals surface area contributed by atoms with Gasteiger partial charge in [-0.15, -0.1) is 0 Å². The first kappa shape index (κ1) is 18.8. The van der Waals surface area contributed by atoms with E-state index in [4.69, 9.17) is 0 Å². The third-order valence-corrected chi connectivity index (χ3v) is 4.16. The van der Waals surface area contributed by atoms with Crippen molar-refractivity contribution in [2.45, 2.75) is 0 Å². The van der Waals surface area contributed by atoms with Gasteiger partial charge >= 0.3 is 11.9 Å². The van der Waals surface area contributed by atoms with Gasteiger partial charge in [0.2, 0.25) is 0 Å². The van der Waals surface area contributed by atoms with E-state index in [0.29, 0.717) is 3.57 Å². The fourth-order valence-corrected chi connectivity index (χ4v) is 2.77. The predicted molar refractivity (Wildman–Crippen MR) is 96.2 cm³/mol. The Morgan fingerprint density at radius 3 is 2.20 bits per heavy atom. The van der Waals surface area contributed by atoms with Gasteiger partial charge < -0.3 is 14.8 Å². The van der Waals surface area contributed by atoms with E-state index in [0.717, 1.165) is 6.07 Å². The molecule has 0 bridgehead atoms. The molecule has 0 unspecified atom stereocenters. The largest absolute Gasteiger partial charge is 0.465 e. The highest BCUT2D eigenvalue weighted by Gasteiger charge is 2.19. The van der Waals surface area contributed by atoms with Crippen LogP contribution in [0.5, 0.6) is 0 Å². The average Bonchev–Trinajstić information content (AvgIpc) is 2.60. The molecule has 2 rings (SSSR count). The van der Waals surface area contributed by atoms with Gasteiger partial charge in [0.15, 0.2) is 0 Å². The summed E-state index contributed by atoms with van der Waals surface area (Å²) >= 11 is 1.83. The van der Waals surface area contributed by atoms with E-state index >= 15 is 0 Å². The van der Waals surface area contributed by atoms with Crippen LogP contribution in [0, 0.1) is 9.39 Å². The van der Waals surface area contributed by atoms with E-state index in [2.05, 4.69) is 14.8 Å². The second kappa shape index (κ2) is 8.06. The van der Waals surface area contributed by atoms with Crippen molar-refractivity contribution < 1.29 is 28.2 Å². The number of hydrogen-bond donors (Lipinski definition) is 1. The molecule has 0 radical (unpaired) electrons. The topological polar surface area (TPSA) is 81.7 Å². The summed E-state index contributed by atoms with van der Waals surface area (Å²) < 4.78 is 22.9. The number of esters is 2. The maximum Gasteiger partial charge on any atom is 0.339 e. The van der Waals surface area contributed by atoms with Gasteiger partial charge in [0.05, 0.1) is 36.6 Å². The van der Waals surface area contributed by atoms with Crippen LogP contribution in [-0.4, -0.2) is 32.1 Å². The zero-order chi connectivity index (χ0) is 18.6. The average molecular weight is 457 g/mol. The summed E-state index contributed by atoms with van der Waals surface area (Å²) in [7, 11) is 2.42. The van der Waals surface area contributed by atoms with Crippen LogP contribution in [0.25, 0.3) is 0 Å². The Hall–Kier alpha value is -2.49. The second-order valence-corrected chi connectivity index (χ2v) is 5.98. The van der Waals surface area contributed by atoms with Gasteiger partial charge in [-0.2, -0.15) is 0 Å². The van der Waals surface area contributed by atoms with Crippen LogP contribution in [0.4, 0.5) is 10.1 Å². The highest BCUT2D eigenvalue weighted by Crippen LogP contribution is 2.22. The van der Waals surface area contributed by atoms with E-state index in [1.165, 1.54) is 44.6 Å². The number of methoxy groups -OCH3 is 2. The zero-order valence-electron chi connectivity index (χ0n) is 13.3. The number of anilines is 1. The highest BCUT2D eigenvalue weighted by molar-refractivity contribution is 14.1. The second-order valence-electron chi connectivity index (χ2n) is 4.82. The number of carbonyl (C=O) groups excluding carboxylic acids is 3. The van der Waals surface area contributed by atoms with Crippen molar-refractivity contribution in [3.63, 3.8) is 0 Å². The van der Waals surface area contributed by atoms with Crippen molar-refractivity contribution in [1.82, 2.24) is 0 Å². The maximum absolute atomic E-state index is 13.2. The summed E-state index contributed by atoms with van der Waals surface area (Å²) in [4.78, 5) is 36.0. The molecule has 2 aromatic carbocycles. The number of halogens is 2. The Labute approximate surface area is 156 Å². The number of amides is 1. The van der Waals surface area contributed by atoms with Gasteiger partial charge in [-0.1, -0.05) is 0 Å². The lowest BCUT2D eigenvalue weighted by Crippen LogP contribution is -2.17. The first-order chi connectivity index (χ1) is 11.9. The Bertz CT molecular complexity index is 853. The summed E-state index contributed by atoms with van der Waals surface area (Å²) in [6.45, 7) is 0. The van der Waals surface area contributed by atoms with Crippen molar-refractivity contribution in [2.75, 3.05) is 19.5 Å². The first-order valence-corrected chi connectivity index (χ1v) is 8.02. The van der Waals surface area contributed by atoms with Crippen molar-refractivity contribution in [1.29, 1.82) is 0 Å². The minimum absolute atomic E-state index is 0.0700. The molecular formula is C17H13FINO5. The van der Waals surface area contributed by atoms with Crippen LogP contribution >= 0.6 is 22.6 Å². The van der Waals surface area contributed by atoms with E-state index < -0.39 is 23.7 Å². The molecule has 0 fully saturated rings. The molecule has 6 nitrogen and oxygen atoms in total. The van der Waals surface area contributed by atoms with Crippen LogP contribution in [0.1, 0.15) is 31.1 Å². The van der Waals surface area contributed by atoms with Gasteiger partial charge in [-0.05, 0) is 59.0 Å². The molecule has 0 aliphatic carbocycles. The van der Waals surface area contributed by atoms with Crippen molar-refractivity contribution in [2.24, 2.45) is 0 Å². The lowest BCUT2D eigenvalue weighted by molar-refractivity contribution is 0.0587. The number of hydrogen-bond acceptors (Lipinski definition) is 5. The summed E-state index contributed by atoms with van der Waals surface area (Å²) in [5.74, 6) is -2.33. The molecule has 0 aliphatic rings. The SMILES string of the molecule is COC(=O)c1ccc(C(=O)OC)c(NC(=O)c2ccc(F)cc2I)c1. The Morgan fingerprint density at radius 1 is 0.960 bits per heavy atom. The van der Waals surface area contributed by atoms with Gasteiger partial charge in [0.1, 0.15) is 5.82 Å². The van der Waals surface area contributed by atoms with E-state index in [9.17, 15) is 18.8 Å². The summed E-state index contributed by atoms with van der Waals surface area (Å²) in [5, 5.41) is 2.55. The van der Waals surface area contributed by atoms with E-state index in [1.54, 1.807) is 0 Å². The molecule has 0 saturated carbocycles. The molecule has 2 aromatic rings. The Morgan fingerprint density at radius 2 is 1.60 bits per heavy atom. The number of ether oxygens (including phenoxy) is 2. The molecule has 0 aromatic heterocycles. The molecule has 1 N–H and O–H groups in total. The first-order valence-electron chi connectivity index (χ1n) is 6.94. The lowest BCUT2D eigenvalue weighted by Gasteiger charge is -2.12. The fourth-order valence-electron chi connectivity index (χ4n) is 2.04. The van der Waals surface area contributed by atoms with Gasteiger partial charge in [0.25, 0.3) is 5.91 Å². The number of nitrogens with one attached hydrogen (secondary N) is 1. The van der Waals surface area contributed by atoms with Gasteiger partial charge in [-0.25, -0.2) is 14.0 Å². The zero-order valence-corrected chi connectivity index (χ0v) is 15.4. The minimum atomic E-state index is -0.680. The Kier molecular flexibility index (Phi) is 6.07. The smallest absolute Gasteiger partial charge is 0.339 e. The third kappa shape index (κ3) is 4.32. The minimum Gasteiger partial charge on any atom is -0.465 e. The number of benzene rings is 2. The third-order valence-electron chi connectivity index (χ3n) is 3.27. The summed E-state index contributed by atoms with van der Waals surface area (Å²) in [6.07, 6.45) is 0. The molecule has 8 heteroatoms. The van der Waals surface area contributed by atoms with E-state index in [1.807, 2.05) is 22.6 Å². The maximum atomic E-state index is 13.2. The highest BCUT2D eigenvalue weighted by atomic mass is 127. The standard InChI is InChI=1S/C17H13FINO5/c1-24-16(22)9-3-5-12(17(23)25-2)14(7-9)20-15(21)11-6-4-10(18)8-13(11)19/h3-8H,1-2H3,(H,20,21). The monoisotopic (exact) mass is 457 g/mol. The molecule has 1 amide bonds. The van der Waals surface area contributed by atoms with Crippen LogP contribution in [0.3, 0.4) is 0 Å². The molecule has 130 valence electrons. The normalized spacial score (nSPS) is 10.1. The van der Waals surface area contributed by atoms with E-state index in [-0.39, 0.29) is 22.4 Å². The fraction of sp³-hybridized carbons (Fsp3) is 0.118. The molecule has 0 aliphatic heterocycles. The Balaban J connectivity index is 2.42. The van der Waals surface area contributed by atoms with Crippen LogP contribution in [0.15, 0.2) is 36.4 Å². The quantitative estimate of drug-likeness (QED) is 0.564. The van der Waals surface area contributed by atoms with Crippen LogP contribution < -0.4 is 5.32 Å². The number of rotatable bonds is 4. The lowest BCUT2D eigenvalue weighted by atomic mass is 10.1. The predicted octanol–water partition coefficient (Wildman–Crippen LogP) is 3.26. The van der Waals surface area contributed by atoms with Crippen molar-refractivity contribution >= 4 is 46.1 Å². The van der Waals surface area contributed by atoms with Crippen molar-refractivity contribution in [3.05, 3.63) is 62.5 Å². The van der Waals surface area contributed by atoms with Crippen LogP contribution in [0.2, 0.25) is 0 Å². The van der Waals surface area contributed by atoms with Gasteiger partial charge in [0, 0.05) is 3.57 Å². The molecule has 0 saturated heterocycles. The number of carbonyl (C=O) groups is 3. The molecule has 0 heterocycles. The van der Waals surface area contributed by atoms with Gasteiger partial charge in [-0.3, -0.25) is 4.79 Å². The molecule has 0 spiro atoms. The molecule has 0 atom stereocenters. The van der Waals surface area contributed by atoms with Crippen molar-refractivity contribution in [3.8, 4) is 0 Å².